The quantitative estimate of drug-likeness (QED) is 0.598. The molecule has 0 spiro atoms. The molecule has 0 saturated heterocycles. The van der Waals surface area contributed by atoms with Crippen molar-refractivity contribution < 1.29 is 19.8 Å². The number of hydrogen-bond donors (Lipinski definition) is 2. The number of Topliss-reactive ketones (excluding diaryl/α,β-unsaturated/α-hetero) is 2. The maximum Gasteiger partial charge on any atom is 0.164 e. The number of carbonyl (C=O) groups excluding carboxylic acids is 2. The number of aliphatic hydroxyl groups excluding tert-OH is 2. The average molecular weight is 334 g/mol. The summed E-state index contributed by atoms with van der Waals surface area (Å²) in [7, 11) is 0. The highest BCUT2D eigenvalue weighted by Gasteiger charge is 2.60. The zero-order valence-electron chi connectivity index (χ0n) is 15.1. The standard InChI is InChI=1S/C20H30O4/c1-18(17(24)12-22)8-9-19(2)13(10-18)6-7-20(3)14(11-21)15(23)4-5-16(19)20/h11,13,16,21-22H,4-10,12H2,1-3H3/b14-11+/t13-,16+,18-,19-,20+/m0/s1. The molecule has 0 aromatic rings. The van der Waals surface area contributed by atoms with Gasteiger partial charge in [0.15, 0.2) is 11.6 Å². The van der Waals surface area contributed by atoms with Crippen molar-refractivity contribution in [2.45, 2.75) is 65.7 Å². The van der Waals surface area contributed by atoms with E-state index in [-0.39, 0.29) is 29.0 Å². The van der Waals surface area contributed by atoms with Crippen LogP contribution in [0, 0.1) is 28.1 Å². The van der Waals surface area contributed by atoms with Crippen molar-refractivity contribution in [2.75, 3.05) is 6.61 Å². The summed E-state index contributed by atoms with van der Waals surface area (Å²) in [4.78, 5) is 24.5. The minimum Gasteiger partial charge on any atom is -0.515 e. The van der Waals surface area contributed by atoms with Gasteiger partial charge in [0, 0.05) is 22.8 Å². The van der Waals surface area contributed by atoms with Crippen LogP contribution in [0.25, 0.3) is 0 Å². The maximum atomic E-state index is 12.3. The highest BCUT2D eigenvalue weighted by atomic mass is 16.3. The molecule has 4 nitrogen and oxygen atoms in total. The Labute approximate surface area is 144 Å². The fraction of sp³-hybridized carbons (Fsp3) is 0.800. The molecule has 0 aromatic heterocycles. The van der Waals surface area contributed by atoms with Gasteiger partial charge in [-0.1, -0.05) is 20.8 Å². The highest BCUT2D eigenvalue weighted by Crippen LogP contribution is 2.66. The van der Waals surface area contributed by atoms with Crippen molar-refractivity contribution in [3.05, 3.63) is 11.8 Å². The van der Waals surface area contributed by atoms with Gasteiger partial charge >= 0.3 is 0 Å². The Kier molecular flexibility index (Phi) is 4.18. The summed E-state index contributed by atoms with van der Waals surface area (Å²) in [6.07, 6.45) is 6.90. The molecule has 3 aliphatic rings. The Morgan fingerprint density at radius 1 is 1.21 bits per heavy atom. The first-order chi connectivity index (χ1) is 11.2. The van der Waals surface area contributed by atoms with E-state index in [4.69, 9.17) is 0 Å². The Bertz CT molecular complexity index is 594. The third kappa shape index (κ3) is 2.29. The fourth-order valence-electron chi connectivity index (χ4n) is 6.26. The van der Waals surface area contributed by atoms with Crippen LogP contribution in [-0.4, -0.2) is 28.4 Å². The zero-order valence-corrected chi connectivity index (χ0v) is 15.1. The minimum atomic E-state index is -0.410. The van der Waals surface area contributed by atoms with Crippen LogP contribution in [0.1, 0.15) is 65.7 Å². The molecular formula is C20H30O4. The third-order valence-electron chi connectivity index (χ3n) is 7.94. The molecule has 0 unspecified atom stereocenters. The summed E-state index contributed by atoms with van der Waals surface area (Å²) in [5.74, 6) is 0.869. The molecule has 2 N–H and O–H groups in total. The highest BCUT2D eigenvalue weighted by molar-refractivity contribution is 5.97. The lowest BCUT2D eigenvalue weighted by Gasteiger charge is -2.62. The van der Waals surface area contributed by atoms with Crippen LogP contribution < -0.4 is 0 Å². The normalized spacial score (nSPS) is 47.2. The maximum absolute atomic E-state index is 12.3. The molecular weight excluding hydrogens is 304 g/mol. The predicted molar refractivity (Wildman–Crippen MR) is 91.4 cm³/mol. The predicted octanol–water partition coefficient (Wildman–Crippen LogP) is 3.58. The van der Waals surface area contributed by atoms with E-state index < -0.39 is 5.41 Å². The summed E-state index contributed by atoms with van der Waals surface area (Å²) in [5, 5.41) is 19.0. The number of rotatable bonds is 2. The van der Waals surface area contributed by atoms with Gasteiger partial charge in [-0.15, -0.1) is 0 Å². The van der Waals surface area contributed by atoms with Gasteiger partial charge in [0.2, 0.25) is 0 Å². The van der Waals surface area contributed by atoms with Crippen molar-refractivity contribution in [2.24, 2.45) is 28.1 Å². The first-order valence-electron chi connectivity index (χ1n) is 9.23. The van der Waals surface area contributed by atoms with E-state index >= 15 is 0 Å². The fourth-order valence-corrected chi connectivity index (χ4v) is 6.26. The number of ketones is 2. The second-order valence-electron chi connectivity index (χ2n) is 9.06. The molecule has 0 aromatic carbocycles. The molecule has 4 heteroatoms. The SMILES string of the molecule is C[C@]1(C(=O)CO)CC[C@@]2(C)[C@@H](CC[C@]3(C)/C(=C/O)C(=O)CC[C@H]23)C1. The molecule has 5 atom stereocenters. The second-order valence-corrected chi connectivity index (χ2v) is 9.06. The van der Waals surface area contributed by atoms with Gasteiger partial charge in [0.25, 0.3) is 0 Å². The first-order valence-corrected chi connectivity index (χ1v) is 9.23. The molecule has 3 rings (SSSR count). The first kappa shape index (κ1) is 17.7. The van der Waals surface area contributed by atoms with Crippen molar-refractivity contribution in [1.29, 1.82) is 0 Å². The molecule has 0 radical (unpaired) electrons. The van der Waals surface area contributed by atoms with Gasteiger partial charge in [-0.2, -0.15) is 0 Å². The Balaban J connectivity index is 1.93. The van der Waals surface area contributed by atoms with E-state index in [9.17, 15) is 19.8 Å². The molecule has 3 saturated carbocycles. The monoisotopic (exact) mass is 334 g/mol. The molecule has 0 amide bonds. The van der Waals surface area contributed by atoms with Crippen LogP contribution in [0.4, 0.5) is 0 Å². The van der Waals surface area contributed by atoms with E-state index in [1.807, 2.05) is 6.92 Å². The Hall–Kier alpha value is -1.16. The van der Waals surface area contributed by atoms with Crippen molar-refractivity contribution in [1.82, 2.24) is 0 Å². The molecule has 24 heavy (non-hydrogen) atoms. The van der Waals surface area contributed by atoms with Crippen molar-refractivity contribution in [3.63, 3.8) is 0 Å². The van der Waals surface area contributed by atoms with E-state index in [2.05, 4.69) is 13.8 Å². The van der Waals surface area contributed by atoms with Crippen LogP contribution in [0.5, 0.6) is 0 Å². The van der Waals surface area contributed by atoms with Crippen LogP contribution in [0.2, 0.25) is 0 Å². The van der Waals surface area contributed by atoms with Crippen LogP contribution >= 0.6 is 0 Å². The number of carbonyl (C=O) groups is 2. The minimum absolute atomic E-state index is 0.0346. The number of fused-ring (bicyclic) bond motifs is 3. The lowest BCUT2D eigenvalue weighted by Crippen LogP contribution is -2.56. The lowest BCUT2D eigenvalue weighted by atomic mass is 9.42. The van der Waals surface area contributed by atoms with Crippen LogP contribution in [0.15, 0.2) is 11.8 Å². The van der Waals surface area contributed by atoms with Crippen molar-refractivity contribution >= 4 is 11.6 Å². The van der Waals surface area contributed by atoms with E-state index in [1.165, 1.54) is 0 Å². The van der Waals surface area contributed by atoms with Gasteiger partial charge in [-0.3, -0.25) is 9.59 Å². The zero-order chi connectivity index (χ0) is 17.8. The lowest BCUT2D eigenvalue weighted by molar-refractivity contribution is -0.147. The topological polar surface area (TPSA) is 74.6 Å². The van der Waals surface area contributed by atoms with E-state index in [0.717, 1.165) is 44.8 Å². The molecule has 0 bridgehead atoms. The van der Waals surface area contributed by atoms with Gasteiger partial charge in [-0.05, 0) is 55.8 Å². The molecule has 3 fully saturated rings. The smallest absolute Gasteiger partial charge is 0.164 e. The van der Waals surface area contributed by atoms with Gasteiger partial charge in [0.05, 0.1) is 6.26 Å². The molecule has 3 aliphatic carbocycles. The second kappa shape index (κ2) is 5.69. The molecule has 0 aliphatic heterocycles. The summed E-state index contributed by atoms with van der Waals surface area (Å²) < 4.78 is 0. The largest absolute Gasteiger partial charge is 0.515 e. The van der Waals surface area contributed by atoms with Crippen LogP contribution in [0.3, 0.4) is 0 Å². The van der Waals surface area contributed by atoms with Crippen molar-refractivity contribution in [3.8, 4) is 0 Å². The molecule has 0 heterocycles. The number of allylic oxidation sites excluding steroid dienone is 1. The summed E-state index contributed by atoms with van der Waals surface area (Å²) in [6.45, 7) is 6.10. The van der Waals surface area contributed by atoms with E-state index in [1.54, 1.807) is 0 Å². The van der Waals surface area contributed by atoms with E-state index in [0.29, 0.717) is 23.8 Å². The van der Waals surface area contributed by atoms with Crippen LogP contribution in [-0.2, 0) is 9.59 Å². The summed E-state index contributed by atoms with van der Waals surface area (Å²) in [6, 6.07) is 0. The van der Waals surface area contributed by atoms with Gasteiger partial charge in [0.1, 0.15) is 6.61 Å². The average Bonchev–Trinajstić information content (AvgIpc) is 2.55. The van der Waals surface area contributed by atoms with Gasteiger partial charge < -0.3 is 10.2 Å². The third-order valence-corrected chi connectivity index (χ3v) is 7.94. The Morgan fingerprint density at radius 2 is 1.92 bits per heavy atom. The number of aliphatic hydroxyl groups is 2. The number of hydrogen-bond acceptors (Lipinski definition) is 4. The summed E-state index contributed by atoms with van der Waals surface area (Å²) >= 11 is 0. The van der Waals surface area contributed by atoms with Gasteiger partial charge in [-0.25, -0.2) is 0 Å². The molecule has 134 valence electrons. The Morgan fingerprint density at radius 3 is 2.54 bits per heavy atom. The summed E-state index contributed by atoms with van der Waals surface area (Å²) in [5.41, 5.74) is 0.0480.